The Morgan fingerprint density at radius 1 is 0.893 bits per heavy atom. The molecule has 0 atom stereocenters. The van der Waals surface area contributed by atoms with Crippen molar-refractivity contribution in [2.45, 2.75) is 52.9 Å². The molecule has 1 amide bonds. The molecular formula is C25H38N2O. The fraction of sp³-hybridized carbons (Fsp3) is 0.480. The zero-order chi connectivity index (χ0) is 21.2. The molecule has 2 aromatic carbocycles. The third-order valence-electron chi connectivity index (χ3n) is 5.12. The molecule has 0 unspecified atom stereocenters. The average Bonchev–Trinajstić information content (AvgIpc) is 2.76. The van der Waals surface area contributed by atoms with E-state index in [-0.39, 0.29) is 11.3 Å². The number of piperidine rings is 1. The molecule has 0 aromatic heterocycles. The fourth-order valence-corrected chi connectivity index (χ4v) is 3.73. The molecule has 3 heteroatoms. The van der Waals surface area contributed by atoms with E-state index in [9.17, 15) is 4.79 Å². The molecule has 1 aliphatic heterocycles. The van der Waals surface area contributed by atoms with Crippen LogP contribution < -0.4 is 5.32 Å². The molecule has 0 bridgehead atoms. The van der Waals surface area contributed by atoms with Crippen molar-refractivity contribution in [1.29, 1.82) is 0 Å². The van der Waals surface area contributed by atoms with Crippen LogP contribution in [0.2, 0.25) is 0 Å². The topological polar surface area (TPSA) is 32.3 Å². The van der Waals surface area contributed by atoms with Crippen LogP contribution in [0, 0.1) is 6.92 Å². The molecule has 1 heterocycles. The largest absolute Gasteiger partial charge is 0.345 e. The second kappa shape index (κ2) is 11.7. The van der Waals surface area contributed by atoms with Gasteiger partial charge < -0.3 is 10.2 Å². The van der Waals surface area contributed by atoms with E-state index in [1.807, 2.05) is 39.8 Å². The monoisotopic (exact) mass is 382 g/mol. The highest BCUT2D eigenvalue weighted by atomic mass is 16.2. The quantitative estimate of drug-likeness (QED) is 0.769. The number of hydrogen-bond donors (Lipinski definition) is 1. The summed E-state index contributed by atoms with van der Waals surface area (Å²) in [5.74, 6) is 0.0523. The SMILES string of the molecule is CC.CC.Cc1cccc(C2(c3ccc(C(=O)N(C)C)cc3)CCNCC2)c1. The molecule has 3 nitrogen and oxygen atoms in total. The van der Waals surface area contributed by atoms with Crippen LogP contribution in [0.5, 0.6) is 0 Å². The summed E-state index contributed by atoms with van der Waals surface area (Å²) < 4.78 is 0. The summed E-state index contributed by atoms with van der Waals surface area (Å²) in [4.78, 5) is 13.8. The number of nitrogens with zero attached hydrogens (tertiary/aromatic N) is 1. The van der Waals surface area contributed by atoms with Crippen molar-refractivity contribution in [2.75, 3.05) is 27.2 Å². The molecule has 0 spiro atoms. The van der Waals surface area contributed by atoms with E-state index in [1.165, 1.54) is 16.7 Å². The summed E-state index contributed by atoms with van der Waals surface area (Å²) in [6, 6.07) is 17.1. The predicted octanol–water partition coefficient (Wildman–Crippen LogP) is 5.42. The number of aryl methyl sites for hydroxylation is 1. The van der Waals surface area contributed by atoms with Gasteiger partial charge in [-0.3, -0.25) is 4.79 Å². The second-order valence-electron chi connectivity index (χ2n) is 6.98. The Morgan fingerprint density at radius 2 is 1.46 bits per heavy atom. The molecule has 154 valence electrons. The highest BCUT2D eigenvalue weighted by Crippen LogP contribution is 2.40. The lowest BCUT2D eigenvalue weighted by Gasteiger charge is -2.39. The third kappa shape index (κ3) is 5.45. The van der Waals surface area contributed by atoms with Crippen molar-refractivity contribution in [2.24, 2.45) is 0 Å². The van der Waals surface area contributed by atoms with Crippen LogP contribution in [-0.2, 0) is 5.41 Å². The number of carbonyl (C=O) groups excluding carboxylic acids is 1. The Labute approximate surface area is 172 Å². The second-order valence-corrected chi connectivity index (χ2v) is 6.98. The summed E-state index contributed by atoms with van der Waals surface area (Å²) in [7, 11) is 3.58. The average molecular weight is 383 g/mol. The van der Waals surface area contributed by atoms with Crippen LogP contribution in [-0.4, -0.2) is 38.0 Å². The van der Waals surface area contributed by atoms with E-state index < -0.39 is 0 Å². The third-order valence-corrected chi connectivity index (χ3v) is 5.12. The Kier molecular flexibility index (Phi) is 9.95. The smallest absolute Gasteiger partial charge is 0.253 e. The van der Waals surface area contributed by atoms with Crippen LogP contribution in [0.3, 0.4) is 0 Å². The van der Waals surface area contributed by atoms with Gasteiger partial charge in [0.05, 0.1) is 0 Å². The lowest BCUT2D eigenvalue weighted by molar-refractivity contribution is 0.0827. The molecule has 2 aromatic rings. The van der Waals surface area contributed by atoms with Gasteiger partial charge in [-0.2, -0.15) is 0 Å². The van der Waals surface area contributed by atoms with Crippen molar-refractivity contribution in [3.8, 4) is 0 Å². The van der Waals surface area contributed by atoms with Crippen molar-refractivity contribution >= 4 is 5.91 Å². The molecular weight excluding hydrogens is 344 g/mol. The molecule has 0 aliphatic carbocycles. The lowest BCUT2D eigenvalue weighted by Crippen LogP contribution is -2.40. The molecule has 0 saturated carbocycles. The Balaban J connectivity index is 0.000000921. The maximum Gasteiger partial charge on any atom is 0.253 e. The summed E-state index contributed by atoms with van der Waals surface area (Å²) in [5, 5.41) is 3.48. The number of benzene rings is 2. The van der Waals surface area contributed by atoms with E-state index in [4.69, 9.17) is 0 Å². The summed E-state index contributed by atoms with van der Waals surface area (Å²) in [6.45, 7) is 12.2. The number of carbonyl (C=O) groups is 1. The van der Waals surface area contributed by atoms with Crippen LogP contribution in [0.15, 0.2) is 48.5 Å². The first-order valence-electron chi connectivity index (χ1n) is 10.6. The Bertz CT molecular complexity index is 714. The summed E-state index contributed by atoms with van der Waals surface area (Å²) in [5.41, 5.74) is 4.78. The first-order valence-corrected chi connectivity index (χ1v) is 10.6. The van der Waals surface area contributed by atoms with Gasteiger partial charge in [-0.05, 0) is 56.1 Å². The summed E-state index contributed by atoms with van der Waals surface area (Å²) in [6.07, 6.45) is 2.16. The van der Waals surface area contributed by atoms with Crippen molar-refractivity contribution in [1.82, 2.24) is 10.2 Å². The summed E-state index contributed by atoms with van der Waals surface area (Å²) >= 11 is 0. The van der Waals surface area contributed by atoms with Gasteiger partial charge in [0, 0.05) is 25.1 Å². The minimum atomic E-state index is 0.0387. The maximum atomic E-state index is 12.1. The maximum absolute atomic E-state index is 12.1. The molecule has 0 radical (unpaired) electrons. The zero-order valence-electron chi connectivity index (χ0n) is 18.8. The van der Waals surface area contributed by atoms with E-state index >= 15 is 0 Å². The highest BCUT2D eigenvalue weighted by Gasteiger charge is 2.35. The van der Waals surface area contributed by atoms with Crippen molar-refractivity contribution < 1.29 is 4.79 Å². The van der Waals surface area contributed by atoms with Gasteiger partial charge in [-0.1, -0.05) is 69.7 Å². The Hall–Kier alpha value is -2.13. The molecule has 3 rings (SSSR count). The first kappa shape index (κ1) is 23.9. The van der Waals surface area contributed by atoms with Gasteiger partial charge >= 0.3 is 0 Å². The zero-order valence-corrected chi connectivity index (χ0v) is 18.8. The van der Waals surface area contributed by atoms with Gasteiger partial charge in [-0.25, -0.2) is 0 Å². The van der Waals surface area contributed by atoms with Crippen LogP contribution in [0.4, 0.5) is 0 Å². The minimum Gasteiger partial charge on any atom is -0.345 e. The molecule has 28 heavy (non-hydrogen) atoms. The normalized spacial score (nSPS) is 14.7. The van der Waals surface area contributed by atoms with Crippen molar-refractivity contribution in [3.05, 3.63) is 70.8 Å². The lowest BCUT2D eigenvalue weighted by atomic mass is 9.68. The van der Waals surface area contributed by atoms with Gasteiger partial charge in [-0.15, -0.1) is 0 Å². The molecule has 1 fully saturated rings. The van der Waals surface area contributed by atoms with Gasteiger partial charge in [0.1, 0.15) is 0 Å². The Morgan fingerprint density at radius 3 is 1.96 bits per heavy atom. The van der Waals surface area contributed by atoms with E-state index in [0.717, 1.165) is 31.5 Å². The van der Waals surface area contributed by atoms with Crippen molar-refractivity contribution in [3.63, 3.8) is 0 Å². The van der Waals surface area contributed by atoms with Crippen LogP contribution in [0.25, 0.3) is 0 Å². The highest BCUT2D eigenvalue weighted by molar-refractivity contribution is 5.93. The van der Waals surface area contributed by atoms with E-state index in [0.29, 0.717) is 0 Å². The number of amides is 1. The molecule has 1 aliphatic rings. The number of hydrogen-bond acceptors (Lipinski definition) is 2. The first-order chi connectivity index (χ1) is 13.5. The van der Waals surface area contributed by atoms with E-state index in [1.54, 1.807) is 19.0 Å². The fourth-order valence-electron chi connectivity index (χ4n) is 3.73. The number of nitrogens with one attached hydrogen (secondary N) is 1. The molecule has 1 N–H and O–H groups in total. The van der Waals surface area contributed by atoms with Crippen LogP contribution >= 0.6 is 0 Å². The van der Waals surface area contributed by atoms with Crippen LogP contribution in [0.1, 0.15) is 67.6 Å². The number of rotatable bonds is 3. The molecule has 1 saturated heterocycles. The minimum absolute atomic E-state index is 0.0387. The van der Waals surface area contributed by atoms with Gasteiger partial charge in [0.15, 0.2) is 0 Å². The van der Waals surface area contributed by atoms with Gasteiger partial charge in [0.25, 0.3) is 5.91 Å². The van der Waals surface area contributed by atoms with E-state index in [2.05, 4.69) is 48.6 Å². The predicted molar refractivity (Wildman–Crippen MR) is 121 cm³/mol. The standard InChI is InChI=1S/C21H26N2O.2C2H6/c1-16-5-4-6-19(15-16)21(11-13-22-14-12-21)18-9-7-17(8-10-18)20(24)23(2)3;2*1-2/h4-10,15,22H,11-14H2,1-3H3;2*1-2H3. The van der Waals surface area contributed by atoms with Gasteiger partial charge in [0.2, 0.25) is 0 Å².